The third kappa shape index (κ3) is 2.00. The Bertz CT molecular complexity index is 543. The van der Waals surface area contributed by atoms with Crippen LogP contribution >= 0.6 is 0 Å². The molecule has 2 fully saturated rings. The number of hydrogen-bond donors (Lipinski definition) is 0. The zero-order valence-corrected chi connectivity index (χ0v) is 11.1. The molecule has 0 spiro atoms. The standard InChI is InChI=1S/C15H16N2O3/c1-2-8-16-9-13(18)17-12(14(16)19)10-20-15(17)11-6-4-3-5-7-11/h2-7,12,15H,1,8-10H2. The van der Waals surface area contributed by atoms with Crippen LogP contribution in [-0.2, 0) is 14.3 Å². The molecule has 3 rings (SSSR count). The van der Waals surface area contributed by atoms with Gasteiger partial charge in [-0.05, 0) is 0 Å². The number of fused-ring (bicyclic) bond motifs is 1. The second-order valence-electron chi connectivity index (χ2n) is 4.92. The van der Waals surface area contributed by atoms with Crippen molar-refractivity contribution >= 4 is 11.8 Å². The van der Waals surface area contributed by atoms with Gasteiger partial charge in [-0.15, -0.1) is 6.58 Å². The molecular formula is C15H16N2O3. The number of amides is 2. The first-order chi connectivity index (χ1) is 9.72. The van der Waals surface area contributed by atoms with Crippen LogP contribution in [0, 0.1) is 0 Å². The quantitative estimate of drug-likeness (QED) is 0.769. The van der Waals surface area contributed by atoms with Gasteiger partial charge in [0.2, 0.25) is 11.8 Å². The molecule has 0 aromatic heterocycles. The molecule has 0 aliphatic carbocycles. The monoisotopic (exact) mass is 272 g/mol. The van der Waals surface area contributed by atoms with E-state index in [9.17, 15) is 9.59 Å². The summed E-state index contributed by atoms with van der Waals surface area (Å²) in [4.78, 5) is 27.7. The Morgan fingerprint density at radius 3 is 2.75 bits per heavy atom. The molecule has 104 valence electrons. The Kier molecular flexibility index (Phi) is 3.28. The smallest absolute Gasteiger partial charge is 0.248 e. The van der Waals surface area contributed by atoms with E-state index in [1.165, 1.54) is 4.90 Å². The van der Waals surface area contributed by atoms with Crippen LogP contribution in [0.1, 0.15) is 11.8 Å². The van der Waals surface area contributed by atoms with Gasteiger partial charge in [0.15, 0.2) is 6.23 Å². The van der Waals surface area contributed by atoms with E-state index >= 15 is 0 Å². The minimum atomic E-state index is -0.513. The SMILES string of the molecule is C=CCN1CC(=O)N2C(COC2c2ccccc2)C1=O. The number of piperazine rings is 1. The third-order valence-electron chi connectivity index (χ3n) is 3.65. The number of rotatable bonds is 3. The lowest BCUT2D eigenvalue weighted by molar-refractivity contribution is -0.156. The van der Waals surface area contributed by atoms with Crippen molar-refractivity contribution in [3.63, 3.8) is 0 Å². The molecule has 0 saturated carbocycles. The number of benzene rings is 1. The summed E-state index contributed by atoms with van der Waals surface area (Å²) in [5, 5.41) is 0. The highest BCUT2D eigenvalue weighted by atomic mass is 16.5. The molecule has 0 N–H and O–H groups in total. The summed E-state index contributed by atoms with van der Waals surface area (Å²) in [6.45, 7) is 4.35. The molecule has 5 nitrogen and oxygen atoms in total. The van der Waals surface area contributed by atoms with E-state index in [1.54, 1.807) is 11.0 Å². The highest BCUT2D eigenvalue weighted by Gasteiger charge is 2.47. The van der Waals surface area contributed by atoms with Gasteiger partial charge in [-0.2, -0.15) is 0 Å². The van der Waals surface area contributed by atoms with Gasteiger partial charge in [0.1, 0.15) is 12.6 Å². The van der Waals surface area contributed by atoms with Gasteiger partial charge in [0.05, 0.1) is 6.61 Å². The lowest BCUT2D eigenvalue weighted by Gasteiger charge is -2.37. The normalized spacial score (nSPS) is 25.8. The van der Waals surface area contributed by atoms with E-state index in [1.807, 2.05) is 30.3 Å². The summed E-state index contributed by atoms with van der Waals surface area (Å²) >= 11 is 0. The topological polar surface area (TPSA) is 49.9 Å². The van der Waals surface area contributed by atoms with Crippen LogP contribution in [0.15, 0.2) is 43.0 Å². The average molecular weight is 272 g/mol. The maximum Gasteiger partial charge on any atom is 0.248 e. The molecule has 5 heteroatoms. The van der Waals surface area contributed by atoms with Gasteiger partial charge in [-0.3, -0.25) is 14.5 Å². The molecule has 2 unspecified atom stereocenters. The van der Waals surface area contributed by atoms with Crippen LogP contribution in [0.4, 0.5) is 0 Å². The minimum absolute atomic E-state index is 0.0667. The molecule has 2 aliphatic rings. The van der Waals surface area contributed by atoms with E-state index in [4.69, 9.17) is 4.74 Å². The highest BCUT2D eigenvalue weighted by Crippen LogP contribution is 2.33. The van der Waals surface area contributed by atoms with Crippen molar-refractivity contribution in [1.82, 2.24) is 9.80 Å². The van der Waals surface area contributed by atoms with E-state index in [-0.39, 0.29) is 25.0 Å². The van der Waals surface area contributed by atoms with E-state index < -0.39 is 12.3 Å². The summed E-state index contributed by atoms with van der Waals surface area (Å²) in [6, 6.07) is 8.99. The largest absolute Gasteiger partial charge is 0.351 e. The number of hydrogen-bond acceptors (Lipinski definition) is 3. The Hall–Kier alpha value is -2.14. The van der Waals surface area contributed by atoms with Crippen LogP contribution in [0.2, 0.25) is 0 Å². The molecular weight excluding hydrogens is 256 g/mol. The summed E-state index contributed by atoms with van der Waals surface area (Å²) in [5.41, 5.74) is 0.897. The molecule has 1 aromatic rings. The third-order valence-corrected chi connectivity index (χ3v) is 3.65. The Morgan fingerprint density at radius 2 is 2.05 bits per heavy atom. The van der Waals surface area contributed by atoms with Gasteiger partial charge in [-0.1, -0.05) is 36.4 Å². The Labute approximate surface area is 117 Å². The second-order valence-corrected chi connectivity index (χ2v) is 4.92. The van der Waals surface area contributed by atoms with Crippen LogP contribution in [0.5, 0.6) is 0 Å². The zero-order valence-electron chi connectivity index (χ0n) is 11.1. The first-order valence-corrected chi connectivity index (χ1v) is 6.60. The van der Waals surface area contributed by atoms with Crippen molar-refractivity contribution < 1.29 is 14.3 Å². The van der Waals surface area contributed by atoms with Gasteiger partial charge in [-0.25, -0.2) is 0 Å². The van der Waals surface area contributed by atoms with E-state index in [0.717, 1.165) is 5.56 Å². The summed E-state index contributed by atoms with van der Waals surface area (Å²) in [5.74, 6) is -0.147. The molecule has 2 amide bonds. The van der Waals surface area contributed by atoms with Gasteiger partial charge in [0.25, 0.3) is 0 Å². The lowest BCUT2D eigenvalue weighted by atomic mass is 10.1. The molecule has 1 aromatic carbocycles. The van der Waals surface area contributed by atoms with Crippen LogP contribution in [0.3, 0.4) is 0 Å². The molecule has 0 bridgehead atoms. The Balaban J connectivity index is 1.87. The maximum atomic E-state index is 12.3. The van der Waals surface area contributed by atoms with Crippen LogP contribution < -0.4 is 0 Å². The minimum Gasteiger partial charge on any atom is -0.351 e. The number of nitrogens with zero attached hydrogens (tertiary/aromatic N) is 2. The van der Waals surface area contributed by atoms with E-state index in [2.05, 4.69) is 6.58 Å². The second kappa shape index (κ2) is 5.09. The molecule has 2 saturated heterocycles. The van der Waals surface area contributed by atoms with Crippen molar-refractivity contribution in [2.45, 2.75) is 12.3 Å². The Morgan fingerprint density at radius 1 is 1.30 bits per heavy atom. The molecule has 2 atom stereocenters. The zero-order chi connectivity index (χ0) is 14.1. The summed E-state index contributed by atoms with van der Waals surface area (Å²) < 4.78 is 5.69. The van der Waals surface area contributed by atoms with Gasteiger partial charge < -0.3 is 9.64 Å². The highest BCUT2D eigenvalue weighted by molar-refractivity contribution is 5.95. The van der Waals surface area contributed by atoms with Crippen molar-refractivity contribution in [3.05, 3.63) is 48.6 Å². The van der Waals surface area contributed by atoms with Crippen molar-refractivity contribution in [3.8, 4) is 0 Å². The average Bonchev–Trinajstić information content (AvgIpc) is 2.91. The maximum absolute atomic E-state index is 12.3. The molecule has 2 heterocycles. The number of carbonyl (C=O) groups is 2. The summed E-state index contributed by atoms with van der Waals surface area (Å²) in [7, 11) is 0. The fraction of sp³-hybridized carbons (Fsp3) is 0.333. The van der Waals surface area contributed by atoms with Gasteiger partial charge >= 0.3 is 0 Å². The first-order valence-electron chi connectivity index (χ1n) is 6.60. The fourth-order valence-electron chi connectivity index (χ4n) is 2.72. The predicted molar refractivity (Wildman–Crippen MR) is 72.5 cm³/mol. The number of carbonyl (C=O) groups excluding carboxylic acids is 2. The van der Waals surface area contributed by atoms with Crippen LogP contribution in [0.25, 0.3) is 0 Å². The summed E-state index contributed by atoms with van der Waals surface area (Å²) in [6.07, 6.45) is 1.18. The lowest BCUT2D eigenvalue weighted by Crippen LogP contribution is -2.58. The van der Waals surface area contributed by atoms with Crippen molar-refractivity contribution in [2.24, 2.45) is 0 Å². The van der Waals surface area contributed by atoms with Gasteiger partial charge in [0, 0.05) is 12.1 Å². The van der Waals surface area contributed by atoms with Crippen molar-refractivity contribution in [2.75, 3.05) is 19.7 Å². The molecule has 2 aliphatic heterocycles. The van der Waals surface area contributed by atoms with E-state index in [0.29, 0.717) is 6.54 Å². The molecule has 20 heavy (non-hydrogen) atoms. The van der Waals surface area contributed by atoms with Crippen LogP contribution in [-0.4, -0.2) is 47.4 Å². The van der Waals surface area contributed by atoms with Crippen molar-refractivity contribution in [1.29, 1.82) is 0 Å². The predicted octanol–water partition coefficient (Wildman–Crippen LogP) is 0.941. The fourth-order valence-corrected chi connectivity index (χ4v) is 2.72. The molecule has 0 radical (unpaired) electrons. The number of ether oxygens (including phenoxy) is 1. The first kappa shape index (κ1) is 12.9.